The van der Waals surface area contributed by atoms with E-state index >= 15 is 0 Å². The van der Waals surface area contributed by atoms with Gasteiger partial charge in [-0.15, -0.1) is 0 Å². The first-order chi connectivity index (χ1) is 9.74. The van der Waals surface area contributed by atoms with Gasteiger partial charge in [-0.05, 0) is 42.3 Å². The van der Waals surface area contributed by atoms with E-state index in [1.807, 2.05) is 24.4 Å². The van der Waals surface area contributed by atoms with Crippen LogP contribution < -0.4 is 10.1 Å². The Kier molecular flexibility index (Phi) is 5.07. The summed E-state index contributed by atoms with van der Waals surface area (Å²) in [5.41, 5.74) is 2.03. The van der Waals surface area contributed by atoms with Crippen molar-refractivity contribution >= 4 is 0 Å². The molecular formula is C16H19FN2O. The highest BCUT2D eigenvalue weighted by Gasteiger charge is 2.12. The summed E-state index contributed by atoms with van der Waals surface area (Å²) in [5, 5.41) is 3.40. The molecule has 0 amide bonds. The Balaban J connectivity index is 2.18. The van der Waals surface area contributed by atoms with Crippen molar-refractivity contribution < 1.29 is 9.13 Å². The number of benzene rings is 1. The average molecular weight is 274 g/mol. The Hall–Kier alpha value is -1.94. The van der Waals surface area contributed by atoms with Crippen LogP contribution in [0.15, 0.2) is 42.7 Å². The molecule has 0 saturated carbocycles. The monoisotopic (exact) mass is 274 g/mol. The van der Waals surface area contributed by atoms with Crippen molar-refractivity contribution in [2.45, 2.75) is 19.4 Å². The minimum atomic E-state index is -0.327. The van der Waals surface area contributed by atoms with Crippen molar-refractivity contribution in [2.24, 2.45) is 0 Å². The average Bonchev–Trinajstić information content (AvgIpc) is 2.48. The molecular weight excluding hydrogens is 255 g/mol. The number of nitrogens with one attached hydrogen (secondary N) is 1. The smallest absolute Gasteiger partial charge is 0.165 e. The van der Waals surface area contributed by atoms with Crippen molar-refractivity contribution in [1.82, 2.24) is 10.3 Å². The molecule has 0 aliphatic carbocycles. The van der Waals surface area contributed by atoms with Gasteiger partial charge >= 0.3 is 0 Å². The third-order valence-electron chi connectivity index (χ3n) is 3.19. The summed E-state index contributed by atoms with van der Waals surface area (Å²) in [6, 6.07) is 9.15. The highest BCUT2D eigenvalue weighted by molar-refractivity contribution is 5.30. The van der Waals surface area contributed by atoms with Crippen LogP contribution in [-0.4, -0.2) is 18.6 Å². The van der Waals surface area contributed by atoms with Gasteiger partial charge in [0.15, 0.2) is 11.6 Å². The van der Waals surface area contributed by atoms with Crippen LogP contribution in [-0.2, 0) is 6.42 Å². The van der Waals surface area contributed by atoms with Crippen LogP contribution in [0.2, 0.25) is 0 Å². The molecule has 2 rings (SSSR count). The second-order valence-corrected chi connectivity index (χ2v) is 4.57. The van der Waals surface area contributed by atoms with Gasteiger partial charge in [-0.2, -0.15) is 0 Å². The molecule has 0 spiro atoms. The number of hydrogen-bond acceptors (Lipinski definition) is 3. The Morgan fingerprint density at radius 1 is 1.35 bits per heavy atom. The Morgan fingerprint density at radius 2 is 2.20 bits per heavy atom. The second-order valence-electron chi connectivity index (χ2n) is 4.57. The van der Waals surface area contributed by atoms with Crippen molar-refractivity contribution in [3.05, 3.63) is 59.7 Å². The van der Waals surface area contributed by atoms with E-state index in [-0.39, 0.29) is 17.6 Å². The van der Waals surface area contributed by atoms with E-state index in [4.69, 9.17) is 4.74 Å². The van der Waals surface area contributed by atoms with E-state index in [0.29, 0.717) is 6.42 Å². The molecule has 4 heteroatoms. The van der Waals surface area contributed by atoms with Gasteiger partial charge in [0.25, 0.3) is 0 Å². The Bertz CT molecular complexity index is 545. The van der Waals surface area contributed by atoms with Gasteiger partial charge in [0, 0.05) is 18.4 Å². The largest absolute Gasteiger partial charge is 0.494 e. The number of likely N-dealkylation sites (N-methyl/N-ethyl adjacent to an activating group) is 1. The summed E-state index contributed by atoms with van der Waals surface area (Å²) < 4.78 is 18.7. The Labute approximate surface area is 118 Å². The summed E-state index contributed by atoms with van der Waals surface area (Å²) in [5.74, 6) is -0.0541. The molecule has 0 fully saturated rings. The van der Waals surface area contributed by atoms with Gasteiger partial charge in [-0.25, -0.2) is 4.39 Å². The first-order valence-corrected chi connectivity index (χ1v) is 6.70. The molecule has 1 atom stereocenters. The molecule has 106 valence electrons. The van der Waals surface area contributed by atoms with Crippen LogP contribution >= 0.6 is 0 Å². The number of nitrogens with zero attached hydrogens (tertiary/aromatic N) is 1. The van der Waals surface area contributed by atoms with Gasteiger partial charge in [0.1, 0.15) is 0 Å². The van der Waals surface area contributed by atoms with Gasteiger partial charge in [-0.1, -0.05) is 19.1 Å². The zero-order valence-corrected chi connectivity index (χ0v) is 11.8. The summed E-state index contributed by atoms with van der Waals surface area (Å²) in [7, 11) is 1.47. The lowest BCUT2D eigenvalue weighted by molar-refractivity contribution is 0.386. The zero-order valence-electron chi connectivity index (χ0n) is 11.8. The maximum absolute atomic E-state index is 13.7. The lowest BCUT2D eigenvalue weighted by Crippen LogP contribution is -2.23. The predicted molar refractivity (Wildman–Crippen MR) is 77.3 cm³/mol. The highest BCUT2D eigenvalue weighted by atomic mass is 19.1. The summed E-state index contributed by atoms with van der Waals surface area (Å²) >= 11 is 0. The molecule has 1 N–H and O–H groups in total. The zero-order chi connectivity index (χ0) is 14.4. The van der Waals surface area contributed by atoms with Crippen LogP contribution in [0, 0.1) is 5.82 Å². The normalized spacial score (nSPS) is 12.2. The standard InChI is InChI=1S/C16H19FN2O/c1-3-19-15(13-5-4-8-18-11-13)10-12-6-7-16(20-2)14(17)9-12/h4-9,11,15,19H,3,10H2,1-2H3. The van der Waals surface area contributed by atoms with E-state index in [0.717, 1.165) is 17.7 Å². The number of pyridine rings is 1. The number of hydrogen-bond donors (Lipinski definition) is 1. The Morgan fingerprint density at radius 3 is 2.80 bits per heavy atom. The molecule has 2 aromatic rings. The van der Waals surface area contributed by atoms with E-state index in [1.165, 1.54) is 13.2 Å². The first kappa shape index (κ1) is 14.5. The van der Waals surface area contributed by atoms with E-state index in [9.17, 15) is 4.39 Å². The quantitative estimate of drug-likeness (QED) is 0.878. The maximum atomic E-state index is 13.7. The lowest BCUT2D eigenvalue weighted by Gasteiger charge is -2.18. The van der Waals surface area contributed by atoms with Crippen LogP contribution in [0.25, 0.3) is 0 Å². The number of ether oxygens (including phenoxy) is 1. The van der Waals surface area contributed by atoms with Crippen molar-refractivity contribution in [1.29, 1.82) is 0 Å². The van der Waals surface area contributed by atoms with E-state index in [2.05, 4.69) is 17.2 Å². The molecule has 1 aromatic carbocycles. The SMILES string of the molecule is CCNC(Cc1ccc(OC)c(F)c1)c1cccnc1. The van der Waals surface area contributed by atoms with Crippen LogP contribution in [0.3, 0.4) is 0 Å². The molecule has 1 aromatic heterocycles. The molecule has 0 aliphatic rings. The predicted octanol–water partition coefficient (Wildman–Crippen LogP) is 3.12. The van der Waals surface area contributed by atoms with Gasteiger partial charge in [0.05, 0.1) is 7.11 Å². The number of methoxy groups -OCH3 is 1. The maximum Gasteiger partial charge on any atom is 0.165 e. The minimum Gasteiger partial charge on any atom is -0.494 e. The first-order valence-electron chi connectivity index (χ1n) is 6.70. The molecule has 1 heterocycles. The summed E-state index contributed by atoms with van der Waals surface area (Å²) in [6.07, 6.45) is 4.30. The topological polar surface area (TPSA) is 34.1 Å². The fourth-order valence-electron chi connectivity index (χ4n) is 2.21. The third kappa shape index (κ3) is 3.54. The second kappa shape index (κ2) is 7.01. The third-order valence-corrected chi connectivity index (χ3v) is 3.19. The summed E-state index contributed by atoms with van der Waals surface area (Å²) in [6.45, 7) is 2.90. The number of halogens is 1. The van der Waals surface area contributed by atoms with Crippen molar-refractivity contribution in [2.75, 3.05) is 13.7 Å². The van der Waals surface area contributed by atoms with E-state index < -0.39 is 0 Å². The van der Waals surface area contributed by atoms with Crippen LogP contribution in [0.1, 0.15) is 24.1 Å². The molecule has 0 bridgehead atoms. The fourth-order valence-corrected chi connectivity index (χ4v) is 2.21. The van der Waals surface area contributed by atoms with Gasteiger partial charge in [0.2, 0.25) is 0 Å². The molecule has 0 aliphatic heterocycles. The van der Waals surface area contributed by atoms with Crippen molar-refractivity contribution in [3.63, 3.8) is 0 Å². The van der Waals surface area contributed by atoms with Crippen LogP contribution in [0.5, 0.6) is 5.75 Å². The van der Waals surface area contributed by atoms with Crippen molar-refractivity contribution in [3.8, 4) is 5.75 Å². The highest BCUT2D eigenvalue weighted by Crippen LogP contribution is 2.22. The number of rotatable bonds is 6. The van der Waals surface area contributed by atoms with Gasteiger partial charge < -0.3 is 10.1 Å². The molecule has 3 nitrogen and oxygen atoms in total. The molecule has 0 radical (unpaired) electrons. The lowest BCUT2D eigenvalue weighted by atomic mass is 10.00. The van der Waals surface area contributed by atoms with Gasteiger partial charge in [-0.3, -0.25) is 4.98 Å². The molecule has 0 saturated heterocycles. The number of aromatic nitrogens is 1. The molecule has 1 unspecified atom stereocenters. The van der Waals surface area contributed by atoms with E-state index in [1.54, 1.807) is 12.3 Å². The fraction of sp³-hybridized carbons (Fsp3) is 0.312. The van der Waals surface area contributed by atoms with Crippen LogP contribution in [0.4, 0.5) is 4.39 Å². The molecule has 20 heavy (non-hydrogen) atoms. The minimum absolute atomic E-state index is 0.126. The summed E-state index contributed by atoms with van der Waals surface area (Å²) in [4.78, 5) is 4.14.